The minimum absolute atomic E-state index is 0.562. The summed E-state index contributed by atoms with van der Waals surface area (Å²) in [6, 6.07) is 5.74. The van der Waals surface area contributed by atoms with Gasteiger partial charge >= 0.3 is 0 Å². The van der Waals surface area contributed by atoms with Gasteiger partial charge in [-0.15, -0.1) is 10.2 Å². The molecule has 0 unspecified atom stereocenters. The van der Waals surface area contributed by atoms with E-state index in [-0.39, 0.29) is 0 Å². The van der Waals surface area contributed by atoms with Crippen LogP contribution in [-0.4, -0.2) is 29.3 Å². The van der Waals surface area contributed by atoms with E-state index in [0.717, 1.165) is 15.2 Å². The van der Waals surface area contributed by atoms with E-state index < -0.39 is 0 Å². The number of aromatic nitrogens is 3. The molecule has 0 fully saturated rings. The molecule has 0 atom stereocenters. The lowest BCUT2D eigenvalue weighted by atomic mass is 10.3. The van der Waals surface area contributed by atoms with Crippen molar-refractivity contribution in [1.29, 1.82) is 5.26 Å². The summed E-state index contributed by atoms with van der Waals surface area (Å²) < 4.78 is 0.785. The van der Waals surface area contributed by atoms with Crippen LogP contribution < -0.4 is 4.90 Å². The number of hydrogen-bond acceptors (Lipinski definition) is 7. The molecule has 7 heteroatoms. The van der Waals surface area contributed by atoms with Crippen LogP contribution in [0.1, 0.15) is 11.3 Å². The van der Waals surface area contributed by atoms with Gasteiger partial charge in [0, 0.05) is 19.8 Å². The predicted octanol–water partition coefficient (Wildman–Crippen LogP) is 2.33. The first-order valence-electron chi connectivity index (χ1n) is 5.16. The monoisotopic (exact) mass is 277 g/mol. The molecule has 2 aromatic rings. The maximum atomic E-state index is 9.04. The van der Waals surface area contributed by atoms with Crippen LogP contribution in [0.2, 0.25) is 0 Å². The molecule has 2 aromatic heterocycles. The molecule has 5 nitrogen and oxygen atoms in total. The van der Waals surface area contributed by atoms with E-state index in [1.54, 1.807) is 6.07 Å². The molecule has 0 amide bonds. The lowest BCUT2D eigenvalue weighted by Crippen LogP contribution is -2.07. The Morgan fingerprint density at radius 3 is 2.72 bits per heavy atom. The Balaban J connectivity index is 2.28. The second kappa shape index (κ2) is 5.33. The Kier molecular flexibility index (Phi) is 3.79. The largest absolute Gasteiger partial charge is 0.353 e. The van der Waals surface area contributed by atoms with Crippen molar-refractivity contribution in [2.45, 2.75) is 16.3 Å². The van der Waals surface area contributed by atoms with Gasteiger partial charge < -0.3 is 4.90 Å². The third-order valence-electron chi connectivity index (χ3n) is 2.08. The normalized spacial score (nSPS) is 10.1. The number of hydrogen-bond donors (Lipinski definition) is 0. The number of anilines is 1. The number of nitriles is 1. The van der Waals surface area contributed by atoms with Crippen molar-refractivity contribution in [2.24, 2.45) is 0 Å². The van der Waals surface area contributed by atoms with Crippen LogP contribution in [-0.2, 0) is 0 Å². The zero-order chi connectivity index (χ0) is 13.1. The third-order valence-corrected chi connectivity index (χ3v) is 4.23. The molecule has 2 rings (SSSR count). The number of pyridine rings is 1. The van der Waals surface area contributed by atoms with Crippen molar-refractivity contribution in [2.75, 3.05) is 19.0 Å². The molecule has 0 radical (unpaired) electrons. The van der Waals surface area contributed by atoms with E-state index in [2.05, 4.69) is 21.3 Å². The molecule has 0 saturated heterocycles. The molecule has 0 aliphatic heterocycles. The summed E-state index contributed by atoms with van der Waals surface area (Å²) in [6.45, 7) is 1.90. The van der Waals surface area contributed by atoms with Crippen molar-refractivity contribution in [3.8, 4) is 6.07 Å². The Labute approximate surface area is 113 Å². The number of nitrogens with zero attached hydrogens (tertiary/aromatic N) is 5. The van der Waals surface area contributed by atoms with Crippen molar-refractivity contribution in [3.63, 3.8) is 0 Å². The van der Waals surface area contributed by atoms with Gasteiger partial charge in [0.25, 0.3) is 0 Å². The first-order chi connectivity index (χ1) is 8.60. The van der Waals surface area contributed by atoms with Crippen molar-refractivity contribution in [3.05, 3.63) is 23.4 Å². The van der Waals surface area contributed by atoms with Gasteiger partial charge in [-0.3, -0.25) is 0 Å². The van der Waals surface area contributed by atoms with Gasteiger partial charge in [0.05, 0.1) is 5.56 Å². The standard InChI is InChI=1S/C11H11N5S2/c1-7-4-5-8(6-12)9(13-7)17-11-15-14-10(18-11)16(2)3/h4-5H,1-3H3. The summed E-state index contributed by atoms with van der Waals surface area (Å²) in [5, 5.41) is 18.7. The van der Waals surface area contributed by atoms with Crippen LogP contribution >= 0.6 is 23.1 Å². The van der Waals surface area contributed by atoms with E-state index in [1.165, 1.54) is 23.1 Å². The van der Waals surface area contributed by atoms with E-state index in [9.17, 15) is 0 Å². The lowest BCUT2D eigenvalue weighted by molar-refractivity contribution is 0.968. The third kappa shape index (κ3) is 2.78. The molecular weight excluding hydrogens is 266 g/mol. The van der Waals surface area contributed by atoms with Crippen LogP contribution in [0.25, 0.3) is 0 Å². The maximum absolute atomic E-state index is 9.04. The molecule has 0 saturated carbocycles. The fraction of sp³-hybridized carbons (Fsp3) is 0.273. The van der Waals surface area contributed by atoms with Gasteiger partial charge in [0.15, 0.2) is 4.34 Å². The SMILES string of the molecule is Cc1ccc(C#N)c(Sc2nnc(N(C)C)s2)n1. The van der Waals surface area contributed by atoms with Gasteiger partial charge in [-0.1, -0.05) is 11.3 Å². The Hall–Kier alpha value is -1.65. The highest BCUT2D eigenvalue weighted by Gasteiger charge is 2.11. The second-order valence-corrected chi connectivity index (χ2v) is 5.96. The first-order valence-corrected chi connectivity index (χ1v) is 6.80. The fourth-order valence-corrected chi connectivity index (χ4v) is 2.99. The van der Waals surface area contributed by atoms with Crippen LogP contribution in [0.15, 0.2) is 21.5 Å². The van der Waals surface area contributed by atoms with Crippen molar-refractivity contribution < 1.29 is 0 Å². The highest BCUT2D eigenvalue weighted by molar-refractivity contribution is 8.01. The zero-order valence-corrected chi connectivity index (χ0v) is 11.8. The summed E-state index contributed by atoms with van der Waals surface area (Å²) >= 11 is 2.85. The molecule has 0 bridgehead atoms. The van der Waals surface area contributed by atoms with Crippen LogP contribution in [0.3, 0.4) is 0 Å². The molecule has 0 spiro atoms. The number of rotatable bonds is 3. The minimum Gasteiger partial charge on any atom is -0.353 e. The Morgan fingerprint density at radius 2 is 2.11 bits per heavy atom. The Bertz CT molecular complexity index is 600. The van der Waals surface area contributed by atoms with E-state index in [1.807, 2.05) is 32.0 Å². The number of aryl methyl sites for hydroxylation is 1. The molecule has 0 N–H and O–H groups in total. The van der Waals surface area contributed by atoms with Gasteiger partial charge in [0.1, 0.15) is 11.1 Å². The molecule has 0 aliphatic rings. The van der Waals surface area contributed by atoms with Crippen LogP contribution in [0.5, 0.6) is 0 Å². The zero-order valence-electron chi connectivity index (χ0n) is 10.2. The molecule has 0 aromatic carbocycles. The molecule has 18 heavy (non-hydrogen) atoms. The quantitative estimate of drug-likeness (QED) is 0.858. The Morgan fingerprint density at radius 1 is 1.33 bits per heavy atom. The van der Waals surface area contributed by atoms with Gasteiger partial charge in [-0.25, -0.2) is 4.98 Å². The van der Waals surface area contributed by atoms with E-state index in [0.29, 0.717) is 10.6 Å². The van der Waals surface area contributed by atoms with Gasteiger partial charge in [-0.05, 0) is 30.8 Å². The topological polar surface area (TPSA) is 65.7 Å². The van der Waals surface area contributed by atoms with Crippen molar-refractivity contribution in [1.82, 2.24) is 15.2 Å². The average molecular weight is 277 g/mol. The van der Waals surface area contributed by atoms with Crippen molar-refractivity contribution >= 4 is 28.2 Å². The summed E-state index contributed by atoms with van der Waals surface area (Å²) in [5.41, 5.74) is 1.45. The smallest absolute Gasteiger partial charge is 0.208 e. The summed E-state index contributed by atoms with van der Waals surface area (Å²) in [7, 11) is 3.83. The van der Waals surface area contributed by atoms with E-state index in [4.69, 9.17) is 5.26 Å². The van der Waals surface area contributed by atoms with Crippen LogP contribution in [0, 0.1) is 18.3 Å². The lowest BCUT2D eigenvalue weighted by Gasteiger charge is -2.04. The minimum atomic E-state index is 0.562. The first kappa shape index (κ1) is 12.8. The van der Waals surface area contributed by atoms with Crippen LogP contribution in [0.4, 0.5) is 5.13 Å². The molecule has 92 valence electrons. The molecular formula is C11H11N5S2. The summed E-state index contributed by atoms with van der Waals surface area (Å²) in [6.07, 6.45) is 0. The summed E-state index contributed by atoms with van der Waals surface area (Å²) in [5.74, 6) is 0. The second-order valence-electron chi connectivity index (χ2n) is 3.76. The van der Waals surface area contributed by atoms with Gasteiger partial charge in [-0.2, -0.15) is 5.26 Å². The van der Waals surface area contributed by atoms with E-state index >= 15 is 0 Å². The maximum Gasteiger partial charge on any atom is 0.208 e. The molecule has 2 heterocycles. The predicted molar refractivity (Wildman–Crippen MR) is 72.0 cm³/mol. The highest BCUT2D eigenvalue weighted by Crippen LogP contribution is 2.33. The average Bonchev–Trinajstić information content (AvgIpc) is 2.78. The highest BCUT2D eigenvalue weighted by atomic mass is 32.2. The summed E-state index contributed by atoms with van der Waals surface area (Å²) in [4.78, 5) is 6.26. The fourth-order valence-electron chi connectivity index (χ4n) is 1.20. The molecule has 0 aliphatic carbocycles. The van der Waals surface area contributed by atoms with Gasteiger partial charge in [0.2, 0.25) is 5.13 Å².